The van der Waals surface area contributed by atoms with Crippen LogP contribution in [0.4, 0.5) is 17.2 Å². The lowest BCUT2D eigenvalue weighted by Crippen LogP contribution is -2.18. The number of aromatic nitrogens is 2. The third-order valence-electron chi connectivity index (χ3n) is 5.54. The van der Waals surface area contributed by atoms with Gasteiger partial charge in [0.15, 0.2) is 5.82 Å². The molecule has 35 heavy (non-hydrogen) atoms. The van der Waals surface area contributed by atoms with Crippen molar-refractivity contribution in [2.24, 2.45) is 10.7 Å². The average molecular weight is 476 g/mol. The van der Waals surface area contributed by atoms with Gasteiger partial charge in [-0.2, -0.15) is 5.10 Å². The molecular weight excluding hydrogens is 442 g/mol. The summed E-state index contributed by atoms with van der Waals surface area (Å²) in [6, 6.07) is 14.8. The van der Waals surface area contributed by atoms with E-state index in [2.05, 4.69) is 15.5 Å². The number of primary amides is 1. The number of ether oxygens (including phenoxy) is 1. The number of aryl methyl sites for hydroxylation is 1. The van der Waals surface area contributed by atoms with Gasteiger partial charge in [0.05, 0.1) is 17.1 Å². The SMILES string of the molecule is CNCCC(Oc1cccc(N=C(C)c2c(C)nnc(N(C)C)c2N)c1)c1cccc(C(N)=O)c1. The molecule has 9 nitrogen and oxygen atoms in total. The molecule has 3 aromatic rings. The Bertz CT molecular complexity index is 1220. The number of nitrogens with one attached hydrogen (secondary N) is 1. The molecule has 5 N–H and O–H groups in total. The van der Waals surface area contributed by atoms with Crippen LogP contribution in [0.25, 0.3) is 0 Å². The van der Waals surface area contributed by atoms with Gasteiger partial charge in [0.1, 0.15) is 11.9 Å². The van der Waals surface area contributed by atoms with Gasteiger partial charge in [-0.3, -0.25) is 9.79 Å². The smallest absolute Gasteiger partial charge is 0.248 e. The number of anilines is 2. The van der Waals surface area contributed by atoms with Crippen molar-refractivity contribution in [3.8, 4) is 5.75 Å². The summed E-state index contributed by atoms with van der Waals surface area (Å²) in [6.45, 7) is 4.51. The molecule has 184 valence electrons. The minimum absolute atomic E-state index is 0.271. The number of hydrogen-bond donors (Lipinski definition) is 3. The predicted octanol–water partition coefficient (Wildman–Crippen LogP) is 3.40. The van der Waals surface area contributed by atoms with Gasteiger partial charge in [-0.05, 0) is 57.3 Å². The van der Waals surface area contributed by atoms with Crippen LogP contribution in [0.2, 0.25) is 0 Å². The van der Waals surface area contributed by atoms with Crippen LogP contribution in [0, 0.1) is 6.92 Å². The van der Waals surface area contributed by atoms with Crippen LogP contribution < -0.4 is 26.4 Å². The summed E-state index contributed by atoms with van der Waals surface area (Å²) in [5.74, 6) is 0.794. The zero-order valence-corrected chi connectivity index (χ0v) is 20.9. The Morgan fingerprint density at radius 1 is 1.17 bits per heavy atom. The fourth-order valence-corrected chi connectivity index (χ4v) is 3.82. The van der Waals surface area contributed by atoms with Crippen LogP contribution in [0.15, 0.2) is 53.5 Å². The Morgan fingerprint density at radius 2 is 1.91 bits per heavy atom. The fourth-order valence-electron chi connectivity index (χ4n) is 3.82. The highest BCUT2D eigenvalue weighted by Gasteiger charge is 2.17. The normalized spacial score (nSPS) is 12.3. The third-order valence-corrected chi connectivity index (χ3v) is 5.54. The van der Waals surface area contributed by atoms with Crippen molar-refractivity contribution in [1.82, 2.24) is 15.5 Å². The molecule has 0 bridgehead atoms. The van der Waals surface area contributed by atoms with E-state index in [0.717, 1.165) is 29.1 Å². The lowest BCUT2D eigenvalue weighted by Gasteiger charge is -2.20. The number of nitrogens with zero attached hydrogens (tertiary/aromatic N) is 4. The van der Waals surface area contributed by atoms with Crippen molar-refractivity contribution < 1.29 is 9.53 Å². The number of hydrogen-bond acceptors (Lipinski definition) is 8. The molecule has 0 radical (unpaired) electrons. The van der Waals surface area contributed by atoms with Crippen LogP contribution in [-0.4, -0.2) is 49.5 Å². The predicted molar refractivity (Wildman–Crippen MR) is 141 cm³/mol. The van der Waals surface area contributed by atoms with Crippen LogP contribution in [0.1, 0.15) is 46.6 Å². The second-order valence-corrected chi connectivity index (χ2v) is 8.48. The Labute approximate surface area is 206 Å². The van der Waals surface area contributed by atoms with Crippen LogP contribution >= 0.6 is 0 Å². The van der Waals surface area contributed by atoms with E-state index >= 15 is 0 Å². The highest BCUT2D eigenvalue weighted by Crippen LogP contribution is 2.30. The topological polar surface area (TPSA) is 132 Å². The largest absolute Gasteiger partial charge is 0.486 e. The third kappa shape index (κ3) is 6.33. The molecule has 1 atom stereocenters. The number of carbonyl (C=O) groups excluding carboxylic acids is 1. The average Bonchev–Trinajstić information content (AvgIpc) is 2.81. The maximum atomic E-state index is 11.7. The number of amides is 1. The highest BCUT2D eigenvalue weighted by atomic mass is 16.5. The van der Waals surface area contributed by atoms with Crippen molar-refractivity contribution in [3.63, 3.8) is 0 Å². The summed E-state index contributed by atoms with van der Waals surface area (Å²) < 4.78 is 6.35. The maximum Gasteiger partial charge on any atom is 0.248 e. The van der Waals surface area contributed by atoms with Gasteiger partial charge in [-0.1, -0.05) is 18.2 Å². The zero-order chi connectivity index (χ0) is 25.5. The van der Waals surface area contributed by atoms with Crippen molar-refractivity contribution in [3.05, 3.63) is 70.9 Å². The molecule has 0 aliphatic rings. The van der Waals surface area contributed by atoms with Crippen molar-refractivity contribution in [2.75, 3.05) is 38.3 Å². The van der Waals surface area contributed by atoms with Crippen molar-refractivity contribution in [1.29, 1.82) is 0 Å². The van der Waals surface area contributed by atoms with Gasteiger partial charge in [-0.25, -0.2) is 0 Å². The van der Waals surface area contributed by atoms with E-state index < -0.39 is 5.91 Å². The molecule has 2 aromatic carbocycles. The maximum absolute atomic E-state index is 11.7. The number of carbonyl (C=O) groups is 1. The Balaban J connectivity index is 1.91. The Morgan fingerprint density at radius 3 is 2.60 bits per heavy atom. The highest BCUT2D eigenvalue weighted by molar-refractivity contribution is 6.06. The molecule has 9 heteroatoms. The first-order valence-corrected chi connectivity index (χ1v) is 11.4. The number of nitrogens with two attached hydrogens (primary N) is 2. The van der Waals surface area contributed by atoms with Crippen molar-refractivity contribution in [2.45, 2.75) is 26.4 Å². The minimum Gasteiger partial charge on any atom is -0.486 e. The van der Waals surface area contributed by atoms with Crippen LogP contribution in [0.5, 0.6) is 5.75 Å². The summed E-state index contributed by atoms with van der Waals surface area (Å²) in [5.41, 5.74) is 16.7. The summed E-state index contributed by atoms with van der Waals surface area (Å²) >= 11 is 0. The molecule has 0 saturated heterocycles. The molecule has 1 amide bonds. The Kier molecular flexibility index (Phi) is 8.38. The summed E-state index contributed by atoms with van der Waals surface area (Å²) in [6.07, 6.45) is 0.434. The van der Waals surface area contributed by atoms with E-state index in [1.54, 1.807) is 12.1 Å². The number of rotatable bonds is 10. The minimum atomic E-state index is -0.469. The van der Waals surface area contributed by atoms with Crippen LogP contribution in [-0.2, 0) is 0 Å². The molecule has 0 aliphatic heterocycles. The van der Waals surface area contributed by atoms with E-state index in [0.29, 0.717) is 34.9 Å². The first kappa shape index (κ1) is 25.6. The van der Waals surface area contributed by atoms with E-state index in [4.69, 9.17) is 21.2 Å². The van der Waals surface area contributed by atoms with Gasteiger partial charge in [0.25, 0.3) is 0 Å². The molecular formula is C26H33N7O2. The van der Waals surface area contributed by atoms with Gasteiger partial charge in [0.2, 0.25) is 5.91 Å². The first-order chi connectivity index (χ1) is 16.7. The number of nitrogen functional groups attached to an aromatic ring is 1. The summed E-state index contributed by atoms with van der Waals surface area (Å²) in [7, 11) is 5.63. The molecule has 1 aromatic heterocycles. The van der Waals surface area contributed by atoms with Gasteiger partial charge < -0.3 is 26.4 Å². The monoisotopic (exact) mass is 475 g/mol. The second kappa shape index (κ2) is 11.4. The molecule has 3 rings (SSSR count). The number of benzene rings is 2. The quantitative estimate of drug-likeness (QED) is 0.383. The summed E-state index contributed by atoms with van der Waals surface area (Å²) in [4.78, 5) is 18.3. The van der Waals surface area contributed by atoms with Gasteiger partial charge in [0, 0.05) is 43.4 Å². The molecule has 0 saturated carbocycles. The summed E-state index contributed by atoms with van der Waals surface area (Å²) in [5, 5.41) is 11.6. The van der Waals surface area contributed by atoms with E-state index in [-0.39, 0.29) is 6.10 Å². The fraction of sp³-hybridized carbons (Fsp3) is 0.308. The Hall–Kier alpha value is -3.98. The molecule has 0 aliphatic carbocycles. The number of aliphatic imine (C=N–C) groups is 1. The second-order valence-electron chi connectivity index (χ2n) is 8.48. The van der Waals surface area contributed by atoms with Crippen LogP contribution in [0.3, 0.4) is 0 Å². The van der Waals surface area contributed by atoms with Gasteiger partial charge in [-0.15, -0.1) is 5.10 Å². The zero-order valence-electron chi connectivity index (χ0n) is 20.9. The van der Waals surface area contributed by atoms with E-state index in [1.165, 1.54) is 0 Å². The molecule has 1 heterocycles. The molecule has 0 fully saturated rings. The van der Waals surface area contributed by atoms with Crippen molar-refractivity contribution >= 4 is 28.8 Å². The lowest BCUT2D eigenvalue weighted by atomic mass is 10.0. The van der Waals surface area contributed by atoms with Gasteiger partial charge >= 0.3 is 0 Å². The first-order valence-electron chi connectivity index (χ1n) is 11.4. The molecule has 0 spiro atoms. The standard InChI is InChI=1S/C26H33N7O2/c1-16(23-17(2)31-32-26(24(23)27)33(4)5)30-20-10-7-11-21(15-20)35-22(12-13-29-3)18-8-6-9-19(14-18)25(28)34/h6-11,14-15,22,29H,12-13H2,1-5H3,(H2,27,31)(H2,28,34). The van der Waals surface area contributed by atoms with E-state index in [1.807, 2.05) is 76.3 Å². The molecule has 1 unspecified atom stereocenters. The van der Waals surface area contributed by atoms with E-state index in [9.17, 15) is 4.79 Å². The lowest BCUT2D eigenvalue weighted by molar-refractivity contribution is 0.1000.